The van der Waals surface area contributed by atoms with Crippen LogP contribution in [0.5, 0.6) is 0 Å². The van der Waals surface area contributed by atoms with Crippen LogP contribution in [0.25, 0.3) is 10.9 Å². The van der Waals surface area contributed by atoms with Gasteiger partial charge in [0.1, 0.15) is 0 Å². The summed E-state index contributed by atoms with van der Waals surface area (Å²) in [6.45, 7) is 6.05. The van der Waals surface area contributed by atoms with Crippen LogP contribution in [0.3, 0.4) is 0 Å². The molecule has 0 amide bonds. The summed E-state index contributed by atoms with van der Waals surface area (Å²) >= 11 is 0. The van der Waals surface area contributed by atoms with Gasteiger partial charge < -0.3 is 5.73 Å². The standard InChI is InChI=1S/C15H21N3O2S/c1-10(2)13(9-16)18-21(19,20)14-7-6-11(3)15-12(14)5-4-8-17-15/h4-8,10,13,18H,9,16H2,1-3H3. The van der Waals surface area contributed by atoms with Crippen LogP contribution in [0, 0.1) is 12.8 Å². The second kappa shape index (κ2) is 6.09. The van der Waals surface area contributed by atoms with E-state index in [2.05, 4.69) is 9.71 Å². The zero-order chi connectivity index (χ0) is 15.6. The van der Waals surface area contributed by atoms with Gasteiger partial charge in [-0.3, -0.25) is 4.98 Å². The lowest BCUT2D eigenvalue weighted by molar-refractivity contribution is 0.455. The van der Waals surface area contributed by atoms with Crippen molar-refractivity contribution in [3.63, 3.8) is 0 Å². The average molecular weight is 307 g/mol. The summed E-state index contributed by atoms with van der Waals surface area (Å²) in [5, 5.41) is 0.629. The van der Waals surface area contributed by atoms with Crippen LogP contribution in [-0.4, -0.2) is 26.0 Å². The lowest BCUT2D eigenvalue weighted by atomic mass is 10.1. The van der Waals surface area contributed by atoms with Crippen molar-refractivity contribution >= 4 is 20.9 Å². The molecule has 0 spiro atoms. The maximum atomic E-state index is 12.6. The average Bonchev–Trinajstić information content (AvgIpc) is 2.45. The maximum Gasteiger partial charge on any atom is 0.241 e. The number of sulfonamides is 1. The highest BCUT2D eigenvalue weighted by Crippen LogP contribution is 2.24. The molecule has 21 heavy (non-hydrogen) atoms. The first-order chi connectivity index (χ1) is 9.86. The molecule has 0 fully saturated rings. The molecule has 0 aliphatic rings. The Morgan fingerprint density at radius 3 is 2.62 bits per heavy atom. The Kier molecular flexibility index (Phi) is 4.61. The normalized spacial score (nSPS) is 13.8. The van der Waals surface area contributed by atoms with Crippen LogP contribution in [0.4, 0.5) is 0 Å². The van der Waals surface area contributed by atoms with Crippen molar-refractivity contribution in [2.45, 2.75) is 31.7 Å². The zero-order valence-electron chi connectivity index (χ0n) is 12.5. The second-order valence-electron chi connectivity index (χ2n) is 5.49. The Hall–Kier alpha value is -1.50. The SMILES string of the molecule is Cc1ccc(S(=O)(=O)NC(CN)C(C)C)c2cccnc12. The van der Waals surface area contributed by atoms with E-state index in [9.17, 15) is 8.42 Å². The predicted octanol–water partition coefficient (Wildman–Crippen LogP) is 1.80. The predicted molar refractivity (Wildman–Crippen MR) is 84.5 cm³/mol. The summed E-state index contributed by atoms with van der Waals surface area (Å²) < 4.78 is 28.0. The molecule has 1 unspecified atom stereocenters. The zero-order valence-corrected chi connectivity index (χ0v) is 13.3. The Bertz CT molecular complexity index is 742. The van der Waals surface area contributed by atoms with Crippen molar-refractivity contribution in [1.29, 1.82) is 0 Å². The van der Waals surface area contributed by atoms with Crippen molar-refractivity contribution in [3.05, 3.63) is 36.0 Å². The molecule has 1 atom stereocenters. The smallest absolute Gasteiger partial charge is 0.241 e. The summed E-state index contributed by atoms with van der Waals surface area (Å²) in [6.07, 6.45) is 1.66. The molecule has 0 saturated heterocycles. The van der Waals surface area contributed by atoms with Gasteiger partial charge >= 0.3 is 0 Å². The number of nitrogens with zero attached hydrogens (tertiary/aromatic N) is 1. The summed E-state index contributed by atoms with van der Waals surface area (Å²) in [6, 6.07) is 6.62. The van der Waals surface area contributed by atoms with Crippen molar-refractivity contribution in [2.24, 2.45) is 11.7 Å². The molecule has 1 heterocycles. The summed E-state index contributed by atoms with van der Waals surface area (Å²) in [7, 11) is -3.63. The third kappa shape index (κ3) is 3.23. The number of benzene rings is 1. The Morgan fingerprint density at radius 1 is 1.29 bits per heavy atom. The lowest BCUT2D eigenvalue weighted by Gasteiger charge is -2.21. The third-order valence-electron chi connectivity index (χ3n) is 3.59. The van der Waals surface area contributed by atoms with E-state index in [0.29, 0.717) is 10.9 Å². The minimum Gasteiger partial charge on any atom is -0.329 e. The third-order valence-corrected chi connectivity index (χ3v) is 5.13. The van der Waals surface area contributed by atoms with Gasteiger partial charge in [-0.05, 0) is 36.6 Å². The molecule has 114 valence electrons. The molecular weight excluding hydrogens is 286 g/mol. The van der Waals surface area contributed by atoms with Gasteiger partial charge in [0.25, 0.3) is 0 Å². The van der Waals surface area contributed by atoms with E-state index in [1.807, 2.05) is 20.8 Å². The molecule has 2 aromatic rings. The van der Waals surface area contributed by atoms with Crippen LogP contribution in [-0.2, 0) is 10.0 Å². The molecule has 0 bridgehead atoms. The van der Waals surface area contributed by atoms with Gasteiger partial charge in [-0.15, -0.1) is 0 Å². The van der Waals surface area contributed by atoms with E-state index < -0.39 is 10.0 Å². The van der Waals surface area contributed by atoms with Crippen molar-refractivity contribution in [3.8, 4) is 0 Å². The molecular formula is C15H21N3O2S. The molecule has 0 radical (unpaired) electrons. The van der Waals surface area contributed by atoms with Crippen molar-refractivity contribution < 1.29 is 8.42 Å². The van der Waals surface area contributed by atoms with Gasteiger partial charge in [0, 0.05) is 24.2 Å². The van der Waals surface area contributed by atoms with Gasteiger partial charge in [0.15, 0.2) is 0 Å². The summed E-state index contributed by atoms with van der Waals surface area (Å²) in [4.78, 5) is 4.52. The molecule has 1 aromatic carbocycles. The number of aromatic nitrogens is 1. The van der Waals surface area contributed by atoms with E-state index in [4.69, 9.17) is 5.73 Å². The number of hydrogen-bond acceptors (Lipinski definition) is 4. The largest absolute Gasteiger partial charge is 0.329 e. The maximum absolute atomic E-state index is 12.6. The van der Waals surface area contributed by atoms with E-state index in [1.165, 1.54) is 0 Å². The van der Waals surface area contributed by atoms with Crippen LogP contribution in [0.15, 0.2) is 35.4 Å². The highest BCUT2D eigenvalue weighted by molar-refractivity contribution is 7.89. The number of pyridine rings is 1. The molecule has 0 saturated carbocycles. The fourth-order valence-electron chi connectivity index (χ4n) is 2.24. The summed E-state index contributed by atoms with van der Waals surface area (Å²) in [5.41, 5.74) is 7.31. The Labute approximate surface area is 125 Å². The number of nitrogens with two attached hydrogens (primary N) is 1. The molecule has 3 N–H and O–H groups in total. The lowest BCUT2D eigenvalue weighted by Crippen LogP contribution is -2.43. The number of fused-ring (bicyclic) bond motifs is 1. The summed E-state index contributed by atoms with van der Waals surface area (Å²) in [5.74, 6) is 0.125. The first kappa shape index (κ1) is 15.9. The van der Waals surface area contributed by atoms with Crippen LogP contribution in [0.1, 0.15) is 19.4 Å². The van der Waals surface area contributed by atoms with Gasteiger partial charge in [0.2, 0.25) is 10.0 Å². The number of nitrogens with one attached hydrogen (secondary N) is 1. The van der Waals surface area contributed by atoms with Crippen LogP contribution < -0.4 is 10.5 Å². The minimum atomic E-state index is -3.63. The van der Waals surface area contributed by atoms with E-state index in [1.54, 1.807) is 30.5 Å². The number of hydrogen-bond donors (Lipinski definition) is 2. The molecule has 1 aromatic heterocycles. The Balaban J connectivity index is 2.53. The number of aryl methyl sites for hydroxylation is 1. The molecule has 5 nitrogen and oxygen atoms in total. The van der Waals surface area contributed by atoms with Crippen LogP contribution in [0.2, 0.25) is 0 Å². The van der Waals surface area contributed by atoms with Crippen molar-refractivity contribution in [2.75, 3.05) is 6.54 Å². The fourth-order valence-corrected chi connectivity index (χ4v) is 3.84. The van der Waals surface area contributed by atoms with Gasteiger partial charge in [-0.25, -0.2) is 13.1 Å². The Morgan fingerprint density at radius 2 is 2.00 bits per heavy atom. The van der Waals surface area contributed by atoms with Crippen LogP contribution >= 0.6 is 0 Å². The highest BCUT2D eigenvalue weighted by Gasteiger charge is 2.23. The molecule has 2 rings (SSSR count). The minimum absolute atomic E-state index is 0.125. The first-order valence-electron chi connectivity index (χ1n) is 6.93. The fraction of sp³-hybridized carbons (Fsp3) is 0.400. The van der Waals surface area contributed by atoms with Crippen molar-refractivity contribution in [1.82, 2.24) is 9.71 Å². The van der Waals surface area contributed by atoms with E-state index >= 15 is 0 Å². The second-order valence-corrected chi connectivity index (χ2v) is 7.17. The number of rotatable bonds is 5. The van der Waals surface area contributed by atoms with Gasteiger partial charge in [0.05, 0.1) is 10.4 Å². The molecule has 0 aliphatic carbocycles. The first-order valence-corrected chi connectivity index (χ1v) is 8.42. The monoisotopic (exact) mass is 307 g/mol. The van der Waals surface area contributed by atoms with E-state index in [-0.39, 0.29) is 23.4 Å². The van der Waals surface area contributed by atoms with Gasteiger partial charge in [-0.2, -0.15) is 0 Å². The molecule has 6 heteroatoms. The van der Waals surface area contributed by atoms with Gasteiger partial charge in [-0.1, -0.05) is 19.9 Å². The topological polar surface area (TPSA) is 85.1 Å². The highest BCUT2D eigenvalue weighted by atomic mass is 32.2. The molecule has 0 aliphatic heterocycles. The quantitative estimate of drug-likeness (QED) is 0.882. The van der Waals surface area contributed by atoms with E-state index in [0.717, 1.165) is 5.56 Å².